The van der Waals surface area contributed by atoms with Gasteiger partial charge in [-0.05, 0) is 6.42 Å². The molecule has 8 heteroatoms. The van der Waals surface area contributed by atoms with E-state index in [0.717, 1.165) is 4.90 Å². The quantitative estimate of drug-likeness (QED) is 0.440. The van der Waals surface area contributed by atoms with Crippen molar-refractivity contribution in [1.82, 2.24) is 15.5 Å². The number of likely N-dealkylation sites (tertiary alicyclic amines) is 1. The minimum Gasteiger partial charge on any atom is -0.480 e. The number of hydrogen-bond acceptors (Lipinski definition) is 4. The van der Waals surface area contributed by atoms with Gasteiger partial charge in [-0.3, -0.25) is 14.5 Å². The predicted molar refractivity (Wildman–Crippen MR) is 64.1 cm³/mol. The number of nitrogens with one attached hydrogen (secondary N) is 2. The van der Waals surface area contributed by atoms with Crippen LogP contribution in [-0.2, 0) is 14.4 Å². The maximum atomic E-state index is 11.5. The summed E-state index contributed by atoms with van der Waals surface area (Å²) in [6.45, 7) is 3.38. The number of carboxylic acids is 1. The average Bonchev–Trinajstić information content (AvgIpc) is 2.56. The molecule has 0 aromatic heterocycles. The van der Waals surface area contributed by atoms with Crippen LogP contribution in [0.3, 0.4) is 0 Å². The zero-order valence-corrected chi connectivity index (χ0v) is 10.4. The average molecular weight is 269 g/mol. The maximum absolute atomic E-state index is 11.5. The molecule has 0 spiro atoms. The number of imide groups is 1. The molecule has 0 aliphatic carbocycles. The van der Waals surface area contributed by atoms with Crippen LogP contribution < -0.4 is 10.6 Å². The number of urea groups is 1. The largest absolute Gasteiger partial charge is 0.480 e. The SMILES string of the molecule is C=CCC(NC(=O)NC1CC(=O)N(C)C1=O)C(=O)O. The van der Waals surface area contributed by atoms with Crippen molar-refractivity contribution in [2.45, 2.75) is 24.9 Å². The third kappa shape index (κ3) is 3.54. The van der Waals surface area contributed by atoms with Gasteiger partial charge in [-0.1, -0.05) is 6.08 Å². The first-order valence-electron chi connectivity index (χ1n) is 5.58. The van der Waals surface area contributed by atoms with Crippen molar-refractivity contribution in [3.8, 4) is 0 Å². The molecule has 1 aliphatic heterocycles. The number of carboxylic acid groups (broad SMARTS) is 1. The summed E-state index contributed by atoms with van der Waals surface area (Å²) in [5.41, 5.74) is 0. The number of carbonyl (C=O) groups excluding carboxylic acids is 3. The van der Waals surface area contributed by atoms with Crippen LogP contribution in [0.4, 0.5) is 4.79 Å². The summed E-state index contributed by atoms with van der Waals surface area (Å²) >= 11 is 0. The van der Waals surface area contributed by atoms with Gasteiger partial charge in [0.15, 0.2) is 0 Å². The lowest BCUT2D eigenvalue weighted by Gasteiger charge is -2.15. The van der Waals surface area contributed by atoms with E-state index in [1.165, 1.54) is 13.1 Å². The highest BCUT2D eigenvalue weighted by molar-refractivity contribution is 6.06. The molecule has 1 fully saturated rings. The van der Waals surface area contributed by atoms with Gasteiger partial charge in [0.05, 0.1) is 6.42 Å². The normalized spacial score (nSPS) is 20.1. The van der Waals surface area contributed by atoms with Gasteiger partial charge < -0.3 is 15.7 Å². The molecular weight excluding hydrogens is 254 g/mol. The van der Waals surface area contributed by atoms with E-state index in [1.807, 2.05) is 0 Å². The highest BCUT2D eigenvalue weighted by Gasteiger charge is 2.37. The second-order valence-electron chi connectivity index (χ2n) is 4.08. The van der Waals surface area contributed by atoms with Crippen molar-refractivity contribution in [1.29, 1.82) is 0 Å². The van der Waals surface area contributed by atoms with Gasteiger partial charge in [0.25, 0.3) is 5.91 Å². The van der Waals surface area contributed by atoms with Crippen LogP contribution in [-0.4, -0.2) is 53.0 Å². The fourth-order valence-electron chi connectivity index (χ4n) is 1.61. The molecule has 1 saturated heterocycles. The number of likely N-dealkylation sites (N-methyl/N-ethyl adjacent to an activating group) is 1. The molecule has 3 N–H and O–H groups in total. The Morgan fingerprint density at radius 1 is 1.58 bits per heavy atom. The Morgan fingerprint density at radius 3 is 2.63 bits per heavy atom. The molecule has 0 aromatic carbocycles. The molecule has 2 unspecified atom stereocenters. The standard InChI is InChI=1S/C11H15N3O5/c1-3-4-6(10(17)18)12-11(19)13-7-5-8(15)14(2)9(7)16/h3,6-7H,1,4-5H2,2H3,(H,17,18)(H2,12,13,19). The first kappa shape index (κ1) is 14.7. The summed E-state index contributed by atoms with van der Waals surface area (Å²) in [4.78, 5) is 46.0. The van der Waals surface area contributed by atoms with E-state index >= 15 is 0 Å². The molecule has 1 heterocycles. The monoisotopic (exact) mass is 269 g/mol. The fourth-order valence-corrected chi connectivity index (χ4v) is 1.61. The Bertz CT molecular complexity index is 434. The molecule has 4 amide bonds. The van der Waals surface area contributed by atoms with Gasteiger partial charge in [0, 0.05) is 7.05 Å². The smallest absolute Gasteiger partial charge is 0.326 e. The first-order chi connectivity index (χ1) is 8.86. The van der Waals surface area contributed by atoms with Gasteiger partial charge in [-0.25, -0.2) is 9.59 Å². The molecule has 19 heavy (non-hydrogen) atoms. The maximum Gasteiger partial charge on any atom is 0.326 e. The summed E-state index contributed by atoms with van der Waals surface area (Å²) in [5, 5.41) is 13.3. The van der Waals surface area contributed by atoms with Crippen molar-refractivity contribution in [3.05, 3.63) is 12.7 Å². The van der Waals surface area contributed by atoms with Crippen LogP contribution in [0.15, 0.2) is 12.7 Å². The van der Waals surface area contributed by atoms with Crippen molar-refractivity contribution in [3.63, 3.8) is 0 Å². The van der Waals surface area contributed by atoms with Crippen molar-refractivity contribution < 1.29 is 24.3 Å². The molecule has 2 atom stereocenters. The third-order valence-corrected chi connectivity index (χ3v) is 2.69. The molecule has 1 rings (SSSR count). The summed E-state index contributed by atoms with van der Waals surface area (Å²) < 4.78 is 0. The van der Waals surface area contributed by atoms with Crippen LogP contribution in [0, 0.1) is 0 Å². The number of nitrogens with zero attached hydrogens (tertiary/aromatic N) is 1. The van der Waals surface area contributed by atoms with E-state index < -0.39 is 35.9 Å². The molecule has 0 saturated carbocycles. The van der Waals surface area contributed by atoms with Crippen molar-refractivity contribution >= 4 is 23.8 Å². The molecule has 104 valence electrons. The number of amides is 4. The van der Waals surface area contributed by atoms with E-state index in [0.29, 0.717) is 0 Å². The second-order valence-corrected chi connectivity index (χ2v) is 4.08. The van der Waals surface area contributed by atoms with E-state index in [9.17, 15) is 19.2 Å². The molecular formula is C11H15N3O5. The highest BCUT2D eigenvalue weighted by Crippen LogP contribution is 2.10. The lowest BCUT2D eigenvalue weighted by Crippen LogP contribution is -2.50. The number of hydrogen-bond donors (Lipinski definition) is 3. The number of carbonyl (C=O) groups is 4. The predicted octanol–water partition coefficient (Wildman–Crippen LogP) is -0.928. The fraction of sp³-hybridized carbons (Fsp3) is 0.455. The zero-order valence-electron chi connectivity index (χ0n) is 10.4. The van der Waals surface area contributed by atoms with Crippen LogP contribution in [0.1, 0.15) is 12.8 Å². The minimum absolute atomic E-state index is 0.0558. The van der Waals surface area contributed by atoms with E-state index in [-0.39, 0.29) is 12.8 Å². The molecule has 1 aliphatic rings. The number of aliphatic carboxylic acids is 1. The van der Waals surface area contributed by atoms with E-state index in [2.05, 4.69) is 17.2 Å². The number of rotatable bonds is 5. The minimum atomic E-state index is -1.21. The third-order valence-electron chi connectivity index (χ3n) is 2.69. The molecule has 0 bridgehead atoms. The van der Waals surface area contributed by atoms with Crippen molar-refractivity contribution in [2.75, 3.05) is 7.05 Å². The summed E-state index contributed by atoms with van der Waals surface area (Å²) in [5.74, 6) is -2.12. The van der Waals surface area contributed by atoms with Crippen LogP contribution in [0.5, 0.6) is 0 Å². The zero-order chi connectivity index (χ0) is 14.6. The summed E-state index contributed by atoms with van der Waals surface area (Å²) in [6.07, 6.45) is 1.29. The highest BCUT2D eigenvalue weighted by atomic mass is 16.4. The van der Waals surface area contributed by atoms with Gasteiger partial charge in [-0.15, -0.1) is 6.58 Å². The van der Waals surface area contributed by atoms with E-state index in [4.69, 9.17) is 5.11 Å². The van der Waals surface area contributed by atoms with Crippen LogP contribution in [0.25, 0.3) is 0 Å². The Hall–Kier alpha value is -2.38. The first-order valence-corrected chi connectivity index (χ1v) is 5.58. The van der Waals surface area contributed by atoms with Gasteiger partial charge in [0.1, 0.15) is 12.1 Å². The Labute approximate surface area is 109 Å². The van der Waals surface area contributed by atoms with Crippen molar-refractivity contribution in [2.24, 2.45) is 0 Å². The summed E-state index contributed by atoms with van der Waals surface area (Å²) in [6, 6.07) is -2.88. The Morgan fingerprint density at radius 2 is 2.21 bits per heavy atom. The Kier molecular flexibility index (Phi) is 4.62. The van der Waals surface area contributed by atoms with Gasteiger partial charge in [0.2, 0.25) is 5.91 Å². The molecule has 8 nitrogen and oxygen atoms in total. The van der Waals surface area contributed by atoms with Gasteiger partial charge >= 0.3 is 12.0 Å². The van der Waals surface area contributed by atoms with E-state index in [1.54, 1.807) is 0 Å². The lowest BCUT2D eigenvalue weighted by molar-refractivity contribution is -0.139. The molecule has 0 radical (unpaired) electrons. The lowest BCUT2D eigenvalue weighted by atomic mass is 10.2. The topological polar surface area (TPSA) is 116 Å². The van der Waals surface area contributed by atoms with Crippen LogP contribution >= 0.6 is 0 Å². The van der Waals surface area contributed by atoms with Gasteiger partial charge in [-0.2, -0.15) is 0 Å². The Balaban J connectivity index is 2.56. The summed E-state index contributed by atoms with van der Waals surface area (Å²) in [7, 11) is 1.32. The van der Waals surface area contributed by atoms with Crippen LogP contribution in [0.2, 0.25) is 0 Å². The second kappa shape index (κ2) is 5.98. The molecule has 0 aromatic rings.